The number of fused-ring (bicyclic) bond motifs is 1. The molecule has 1 fully saturated rings. The van der Waals surface area contributed by atoms with Crippen molar-refractivity contribution in [3.05, 3.63) is 23.2 Å². The van der Waals surface area contributed by atoms with Crippen molar-refractivity contribution in [2.45, 2.75) is 33.6 Å². The predicted octanol–water partition coefficient (Wildman–Crippen LogP) is 3.01. The van der Waals surface area contributed by atoms with Gasteiger partial charge in [0, 0.05) is 0 Å². The molecule has 0 saturated carbocycles. The van der Waals surface area contributed by atoms with Crippen LogP contribution in [0.2, 0.25) is 0 Å². The van der Waals surface area contributed by atoms with Crippen LogP contribution < -0.4 is 0 Å². The van der Waals surface area contributed by atoms with Crippen LogP contribution in [0.25, 0.3) is 0 Å². The largest absolute Gasteiger partial charge is 0.486 e. The summed E-state index contributed by atoms with van der Waals surface area (Å²) in [5, 5.41) is 0. The topological polar surface area (TPSA) is 18.5 Å². The molecule has 0 aromatic carbocycles. The molecule has 2 heteroatoms. The molecular weight excluding hydrogens is 164 g/mol. The van der Waals surface area contributed by atoms with Gasteiger partial charge in [-0.2, -0.15) is 0 Å². The smallest absolute Gasteiger partial charge is 0.159 e. The van der Waals surface area contributed by atoms with Crippen molar-refractivity contribution in [2.75, 3.05) is 13.2 Å². The first-order chi connectivity index (χ1) is 6.38. The van der Waals surface area contributed by atoms with Gasteiger partial charge in [-0.05, 0) is 31.4 Å². The molecule has 0 bridgehead atoms. The van der Waals surface area contributed by atoms with E-state index >= 15 is 0 Å². The van der Waals surface area contributed by atoms with E-state index in [1.165, 1.54) is 5.57 Å². The van der Waals surface area contributed by atoms with Crippen LogP contribution in [-0.2, 0) is 9.47 Å². The average molecular weight is 182 g/mol. The molecule has 0 unspecified atom stereocenters. The lowest BCUT2D eigenvalue weighted by Gasteiger charge is -2.25. The minimum absolute atomic E-state index is 0.697. The van der Waals surface area contributed by atoms with Gasteiger partial charge in [-0.15, -0.1) is 0 Å². The van der Waals surface area contributed by atoms with Gasteiger partial charge in [0.2, 0.25) is 0 Å². The van der Waals surface area contributed by atoms with Crippen molar-refractivity contribution in [1.82, 2.24) is 0 Å². The molecule has 2 nitrogen and oxygen atoms in total. The molecular formula is C11H18O2. The number of hydrogen-bond donors (Lipinski definition) is 0. The van der Waals surface area contributed by atoms with E-state index in [0.29, 0.717) is 13.2 Å². The van der Waals surface area contributed by atoms with Gasteiger partial charge in [0.1, 0.15) is 13.2 Å². The molecule has 1 heterocycles. The highest BCUT2D eigenvalue weighted by Gasteiger charge is 2.19. The summed E-state index contributed by atoms with van der Waals surface area (Å²) in [5.74, 6) is 1.95. The zero-order valence-corrected chi connectivity index (χ0v) is 8.72. The maximum absolute atomic E-state index is 5.48. The highest BCUT2D eigenvalue weighted by molar-refractivity contribution is 5.29. The number of hydrogen-bond acceptors (Lipinski definition) is 2. The Morgan fingerprint density at radius 2 is 1.85 bits per heavy atom. The second-order valence-corrected chi connectivity index (χ2v) is 2.91. The van der Waals surface area contributed by atoms with E-state index in [2.05, 4.69) is 13.0 Å². The molecule has 0 amide bonds. The van der Waals surface area contributed by atoms with Crippen molar-refractivity contribution in [3.63, 3.8) is 0 Å². The molecule has 0 N–H and O–H groups in total. The Hall–Kier alpha value is -0.920. The summed E-state index contributed by atoms with van der Waals surface area (Å²) < 4.78 is 10.9. The van der Waals surface area contributed by atoms with Crippen LogP contribution in [-0.4, -0.2) is 13.2 Å². The highest BCUT2D eigenvalue weighted by Crippen LogP contribution is 2.28. The third-order valence-electron chi connectivity index (χ3n) is 2.05. The minimum atomic E-state index is 0.697. The first-order valence-electron chi connectivity index (χ1n) is 5.04. The second kappa shape index (κ2) is 4.95. The highest BCUT2D eigenvalue weighted by atomic mass is 16.6. The van der Waals surface area contributed by atoms with Crippen LogP contribution >= 0.6 is 0 Å². The fourth-order valence-corrected chi connectivity index (χ4v) is 1.45. The fourth-order valence-electron chi connectivity index (χ4n) is 1.45. The summed E-state index contributed by atoms with van der Waals surface area (Å²) in [6, 6.07) is 0. The normalized spacial score (nSPS) is 20.1. The fraction of sp³-hybridized carbons (Fsp3) is 0.636. The maximum atomic E-state index is 5.48. The van der Waals surface area contributed by atoms with Gasteiger partial charge in [-0.1, -0.05) is 13.8 Å². The molecule has 13 heavy (non-hydrogen) atoms. The molecule has 1 aliphatic carbocycles. The van der Waals surface area contributed by atoms with E-state index in [1.807, 2.05) is 13.8 Å². The van der Waals surface area contributed by atoms with Gasteiger partial charge in [0.15, 0.2) is 11.5 Å². The first kappa shape index (κ1) is 10.2. The van der Waals surface area contributed by atoms with E-state index in [0.717, 1.165) is 24.4 Å². The summed E-state index contributed by atoms with van der Waals surface area (Å²) in [6.45, 7) is 7.50. The lowest BCUT2D eigenvalue weighted by molar-refractivity contribution is 0.0551. The van der Waals surface area contributed by atoms with Crippen molar-refractivity contribution in [3.8, 4) is 0 Å². The molecule has 0 spiro atoms. The molecule has 1 saturated heterocycles. The predicted molar refractivity (Wildman–Crippen MR) is 53.3 cm³/mol. The van der Waals surface area contributed by atoms with Crippen molar-refractivity contribution < 1.29 is 9.47 Å². The molecule has 0 radical (unpaired) electrons. The zero-order valence-electron chi connectivity index (χ0n) is 8.72. The van der Waals surface area contributed by atoms with E-state index < -0.39 is 0 Å². The Morgan fingerprint density at radius 3 is 2.54 bits per heavy atom. The van der Waals surface area contributed by atoms with Gasteiger partial charge in [-0.3, -0.25) is 0 Å². The third kappa shape index (κ3) is 2.27. The summed E-state index contributed by atoms with van der Waals surface area (Å²) in [7, 11) is 0. The van der Waals surface area contributed by atoms with Crippen LogP contribution in [0.15, 0.2) is 23.2 Å². The standard InChI is InChI=1S/C9H12O2.C2H6/c1-7-3-2-4-8-9(7)11-6-5-10-8;1-2/h4H,2-3,5-6H2,1H3;1-2H3. The van der Waals surface area contributed by atoms with Gasteiger partial charge in [0.05, 0.1) is 0 Å². The average Bonchev–Trinajstić information content (AvgIpc) is 2.22. The molecule has 2 rings (SSSR count). The molecule has 74 valence electrons. The Morgan fingerprint density at radius 1 is 1.15 bits per heavy atom. The maximum Gasteiger partial charge on any atom is 0.159 e. The van der Waals surface area contributed by atoms with Gasteiger partial charge in [0.25, 0.3) is 0 Å². The van der Waals surface area contributed by atoms with Crippen molar-refractivity contribution in [2.24, 2.45) is 0 Å². The van der Waals surface area contributed by atoms with Crippen LogP contribution in [0.1, 0.15) is 33.6 Å². The number of rotatable bonds is 0. The zero-order chi connectivity index (χ0) is 9.68. The molecule has 1 aliphatic heterocycles. The summed E-state index contributed by atoms with van der Waals surface area (Å²) >= 11 is 0. The van der Waals surface area contributed by atoms with Crippen molar-refractivity contribution >= 4 is 0 Å². The van der Waals surface area contributed by atoms with Gasteiger partial charge < -0.3 is 9.47 Å². The lowest BCUT2D eigenvalue weighted by Crippen LogP contribution is -2.17. The number of ether oxygens (including phenoxy) is 2. The van der Waals surface area contributed by atoms with Crippen LogP contribution in [0, 0.1) is 0 Å². The summed E-state index contributed by atoms with van der Waals surface area (Å²) in [4.78, 5) is 0. The Bertz CT molecular complexity index is 226. The number of allylic oxidation sites excluding steroid dienone is 2. The molecule has 0 atom stereocenters. The minimum Gasteiger partial charge on any atom is -0.486 e. The van der Waals surface area contributed by atoms with Gasteiger partial charge in [-0.25, -0.2) is 0 Å². The van der Waals surface area contributed by atoms with E-state index in [-0.39, 0.29) is 0 Å². The van der Waals surface area contributed by atoms with Crippen LogP contribution in [0.4, 0.5) is 0 Å². The quantitative estimate of drug-likeness (QED) is 0.573. The monoisotopic (exact) mass is 182 g/mol. The SMILES string of the molecule is CC.CC1=C2OCCOC2=CCC1. The van der Waals surface area contributed by atoms with E-state index in [4.69, 9.17) is 9.47 Å². The van der Waals surface area contributed by atoms with Crippen molar-refractivity contribution in [1.29, 1.82) is 0 Å². The van der Waals surface area contributed by atoms with Crippen LogP contribution in [0.3, 0.4) is 0 Å². The second-order valence-electron chi connectivity index (χ2n) is 2.91. The Kier molecular flexibility index (Phi) is 3.87. The molecule has 0 aromatic heterocycles. The van der Waals surface area contributed by atoms with E-state index in [9.17, 15) is 0 Å². The summed E-state index contributed by atoms with van der Waals surface area (Å²) in [6.07, 6.45) is 4.32. The third-order valence-corrected chi connectivity index (χ3v) is 2.05. The first-order valence-corrected chi connectivity index (χ1v) is 5.04. The Balaban J connectivity index is 0.000000396. The lowest BCUT2D eigenvalue weighted by atomic mass is 10.0. The summed E-state index contributed by atoms with van der Waals surface area (Å²) in [5.41, 5.74) is 1.32. The Labute approximate surface area is 80.2 Å². The molecule has 2 aliphatic rings. The van der Waals surface area contributed by atoms with Gasteiger partial charge >= 0.3 is 0 Å². The van der Waals surface area contributed by atoms with E-state index in [1.54, 1.807) is 0 Å². The molecule has 0 aromatic rings. The van der Waals surface area contributed by atoms with Crippen LogP contribution in [0.5, 0.6) is 0 Å².